The van der Waals surface area contributed by atoms with Crippen LogP contribution in [0.5, 0.6) is 0 Å². The van der Waals surface area contributed by atoms with Gasteiger partial charge in [-0.15, -0.1) is 0 Å². The molecule has 2 aromatic carbocycles. The van der Waals surface area contributed by atoms with Crippen LogP contribution in [0.15, 0.2) is 66.7 Å². The lowest BCUT2D eigenvalue weighted by Crippen LogP contribution is -1.90. The second-order valence-corrected chi connectivity index (χ2v) is 3.91. The molecule has 0 spiro atoms. The average molecular weight is 224 g/mol. The molecule has 78 valence electrons. The zero-order valence-electron chi connectivity index (χ0n) is 8.84. The summed E-state index contributed by atoms with van der Waals surface area (Å²) in [5, 5.41) is 0. The van der Waals surface area contributed by atoms with Crippen molar-refractivity contribution >= 4 is 23.2 Å². The lowest BCUT2D eigenvalue weighted by Gasteiger charge is -1.97. The lowest BCUT2D eigenvalue weighted by atomic mass is 10.1. The van der Waals surface area contributed by atoms with Gasteiger partial charge in [0.2, 0.25) is 0 Å². The quantitative estimate of drug-likeness (QED) is 0.429. The molecule has 0 fully saturated rings. The number of rotatable bonds is 3. The van der Waals surface area contributed by atoms with Crippen LogP contribution < -0.4 is 0 Å². The van der Waals surface area contributed by atoms with Gasteiger partial charge in [0.15, 0.2) is 0 Å². The molecule has 0 heterocycles. The molecule has 0 aliphatic carbocycles. The molecule has 0 aliphatic heterocycles. The van der Waals surface area contributed by atoms with Crippen LogP contribution in [0.1, 0.15) is 11.1 Å². The van der Waals surface area contributed by atoms with Gasteiger partial charge >= 0.3 is 0 Å². The Labute approximate surface area is 101 Å². The van der Waals surface area contributed by atoms with E-state index in [9.17, 15) is 0 Å². The highest BCUT2D eigenvalue weighted by Gasteiger charge is 1.94. The highest BCUT2D eigenvalue weighted by molar-refractivity contribution is 7.81. The van der Waals surface area contributed by atoms with E-state index < -0.39 is 0 Å². The highest BCUT2D eigenvalue weighted by atomic mass is 32.1. The number of thiocarbonyl (C=S) groups is 1. The van der Waals surface area contributed by atoms with Gasteiger partial charge in [0, 0.05) is 4.86 Å². The maximum Gasteiger partial charge on any atom is 0.0449 e. The highest BCUT2D eigenvalue weighted by Crippen LogP contribution is 2.06. The smallest absolute Gasteiger partial charge is 0.0449 e. The van der Waals surface area contributed by atoms with E-state index in [1.165, 1.54) is 5.56 Å². The molecular weight excluding hydrogens is 212 g/mol. The van der Waals surface area contributed by atoms with E-state index in [1.807, 2.05) is 60.7 Å². The molecule has 0 radical (unpaired) electrons. The Kier molecular flexibility index (Phi) is 3.62. The van der Waals surface area contributed by atoms with Crippen molar-refractivity contribution in [3.05, 3.63) is 77.9 Å². The third kappa shape index (κ3) is 2.88. The van der Waals surface area contributed by atoms with Crippen LogP contribution in [0.25, 0.3) is 6.08 Å². The van der Waals surface area contributed by atoms with E-state index in [-0.39, 0.29) is 0 Å². The van der Waals surface area contributed by atoms with E-state index in [0.717, 1.165) is 10.4 Å². The molecule has 0 unspecified atom stereocenters. The van der Waals surface area contributed by atoms with Crippen LogP contribution in [0.3, 0.4) is 0 Å². The number of hydrogen-bond acceptors (Lipinski definition) is 1. The van der Waals surface area contributed by atoms with Crippen molar-refractivity contribution in [1.29, 1.82) is 0 Å². The molecule has 0 nitrogen and oxygen atoms in total. The van der Waals surface area contributed by atoms with Gasteiger partial charge in [-0.05, 0) is 17.2 Å². The Morgan fingerprint density at radius 1 is 0.812 bits per heavy atom. The Balaban J connectivity index is 2.12. The summed E-state index contributed by atoms with van der Waals surface area (Å²) in [4.78, 5) is 0.865. The summed E-state index contributed by atoms with van der Waals surface area (Å²) in [5.41, 5.74) is 2.26. The fourth-order valence-electron chi connectivity index (χ4n) is 1.43. The van der Waals surface area contributed by atoms with Crippen molar-refractivity contribution in [2.24, 2.45) is 0 Å². The van der Waals surface area contributed by atoms with Gasteiger partial charge in [0.1, 0.15) is 0 Å². The number of benzene rings is 2. The van der Waals surface area contributed by atoms with E-state index in [2.05, 4.69) is 12.1 Å². The van der Waals surface area contributed by atoms with Crippen molar-refractivity contribution in [2.45, 2.75) is 0 Å². The molecular formula is C15H12S. The zero-order chi connectivity index (χ0) is 11.2. The second kappa shape index (κ2) is 5.38. The standard InChI is InChI=1S/C15H12S/c16-15(14-9-5-2-6-10-14)12-11-13-7-3-1-4-8-13/h1-12H/b12-11+. The summed E-state index contributed by atoms with van der Waals surface area (Å²) < 4.78 is 0. The summed E-state index contributed by atoms with van der Waals surface area (Å²) in [6.07, 6.45) is 4.01. The molecule has 0 saturated heterocycles. The Hall–Kier alpha value is -1.73. The lowest BCUT2D eigenvalue weighted by molar-refractivity contribution is 1.66. The Morgan fingerprint density at radius 2 is 1.38 bits per heavy atom. The maximum absolute atomic E-state index is 5.33. The normalized spacial score (nSPS) is 10.5. The molecule has 0 bridgehead atoms. The average Bonchev–Trinajstić information content (AvgIpc) is 2.38. The van der Waals surface area contributed by atoms with Crippen molar-refractivity contribution < 1.29 is 0 Å². The van der Waals surface area contributed by atoms with Gasteiger partial charge in [-0.2, -0.15) is 0 Å². The molecule has 0 aromatic heterocycles. The molecule has 16 heavy (non-hydrogen) atoms. The Morgan fingerprint density at radius 3 is 2.00 bits per heavy atom. The predicted octanol–water partition coefficient (Wildman–Crippen LogP) is 4.12. The third-order valence-electron chi connectivity index (χ3n) is 2.29. The minimum atomic E-state index is 0.865. The summed E-state index contributed by atoms with van der Waals surface area (Å²) in [6.45, 7) is 0. The topological polar surface area (TPSA) is 0 Å². The van der Waals surface area contributed by atoms with Crippen LogP contribution in [0.4, 0.5) is 0 Å². The third-order valence-corrected chi connectivity index (χ3v) is 2.66. The molecule has 0 aliphatic rings. The second-order valence-electron chi connectivity index (χ2n) is 3.47. The molecule has 0 amide bonds. The number of allylic oxidation sites excluding steroid dienone is 1. The molecule has 0 N–H and O–H groups in total. The summed E-state index contributed by atoms with van der Waals surface area (Å²) in [6, 6.07) is 20.2. The van der Waals surface area contributed by atoms with Crippen molar-refractivity contribution in [3.63, 3.8) is 0 Å². The van der Waals surface area contributed by atoms with E-state index in [0.29, 0.717) is 0 Å². The van der Waals surface area contributed by atoms with Crippen LogP contribution >= 0.6 is 12.2 Å². The SMILES string of the molecule is S=C(/C=C/c1ccccc1)c1ccccc1. The fourth-order valence-corrected chi connectivity index (χ4v) is 1.64. The van der Waals surface area contributed by atoms with Crippen molar-refractivity contribution in [1.82, 2.24) is 0 Å². The summed E-state index contributed by atoms with van der Waals surface area (Å²) in [7, 11) is 0. The van der Waals surface area contributed by atoms with E-state index >= 15 is 0 Å². The van der Waals surface area contributed by atoms with Crippen LogP contribution in [-0.4, -0.2) is 4.86 Å². The van der Waals surface area contributed by atoms with Crippen molar-refractivity contribution in [2.75, 3.05) is 0 Å². The first-order chi connectivity index (χ1) is 7.86. The molecule has 0 atom stereocenters. The molecule has 0 saturated carbocycles. The predicted molar refractivity (Wildman–Crippen MR) is 73.6 cm³/mol. The minimum Gasteiger partial charge on any atom is -0.0795 e. The monoisotopic (exact) mass is 224 g/mol. The Bertz CT molecular complexity index is 483. The van der Waals surface area contributed by atoms with Gasteiger partial charge in [0.25, 0.3) is 0 Å². The van der Waals surface area contributed by atoms with Gasteiger partial charge < -0.3 is 0 Å². The largest absolute Gasteiger partial charge is 0.0795 e. The van der Waals surface area contributed by atoms with E-state index in [1.54, 1.807) is 0 Å². The molecule has 2 rings (SSSR count). The molecule has 2 aromatic rings. The van der Waals surface area contributed by atoms with E-state index in [4.69, 9.17) is 12.2 Å². The molecule has 1 heteroatoms. The summed E-state index contributed by atoms with van der Waals surface area (Å²) >= 11 is 5.33. The van der Waals surface area contributed by atoms with Crippen LogP contribution in [-0.2, 0) is 0 Å². The maximum atomic E-state index is 5.33. The summed E-state index contributed by atoms with van der Waals surface area (Å²) in [5.74, 6) is 0. The van der Waals surface area contributed by atoms with Crippen molar-refractivity contribution in [3.8, 4) is 0 Å². The van der Waals surface area contributed by atoms with Crippen LogP contribution in [0.2, 0.25) is 0 Å². The first-order valence-electron chi connectivity index (χ1n) is 5.19. The van der Waals surface area contributed by atoms with Gasteiger partial charge in [0.05, 0.1) is 0 Å². The van der Waals surface area contributed by atoms with Gasteiger partial charge in [-0.25, -0.2) is 0 Å². The van der Waals surface area contributed by atoms with Gasteiger partial charge in [-0.1, -0.05) is 79.0 Å². The zero-order valence-corrected chi connectivity index (χ0v) is 9.65. The minimum absolute atomic E-state index is 0.865. The van der Waals surface area contributed by atoms with Gasteiger partial charge in [-0.3, -0.25) is 0 Å². The first-order valence-corrected chi connectivity index (χ1v) is 5.59. The fraction of sp³-hybridized carbons (Fsp3) is 0. The first kappa shape index (κ1) is 10.8. The number of hydrogen-bond donors (Lipinski definition) is 0. The van der Waals surface area contributed by atoms with Crippen LogP contribution in [0, 0.1) is 0 Å².